The van der Waals surface area contributed by atoms with Crippen LogP contribution in [0.25, 0.3) is 0 Å². The number of ether oxygens (including phenoxy) is 1. The van der Waals surface area contributed by atoms with Gasteiger partial charge in [0.1, 0.15) is 5.75 Å². The third-order valence-electron chi connectivity index (χ3n) is 4.42. The molecule has 1 aromatic rings. The summed E-state index contributed by atoms with van der Waals surface area (Å²) in [5, 5.41) is 3.68. The zero-order valence-electron chi connectivity index (χ0n) is 12.5. The number of hydrogen-bond acceptors (Lipinski definition) is 3. The van der Waals surface area contributed by atoms with Crippen LogP contribution in [0, 0.1) is 11.3 Å². The van der Waals surface area contributed by atoms with E-state index in [-0.39, 0.29) is 5.54 Å². The Hall–Kier alpha value is -1.22. The van der Waals surface area contributed by atoms with Gasteiger partial charge in [0.05, 0.1) is 12.6 Å². The molecule has 0 spiro atoms. The minimum absolute atomic E-state index is 0.00410. The summed E-state index contributed by atoms with van der Waals surface area (Å²) in [4.78, 5) is 0. The summed E-state index contributed by atoms with van der Waals surface area (Å²) in [6.07, 6.45) is 2.32. The summed E-state index contributed by atoms with van der Waals surface area (Å²) in [5.41, 5.74) is 7.54. The predicted octanol–water partition coefficient (Wildman–Crippen LogP) is 3.26. The molecular formula is C16H26N2O. The van der Waals surface area contributed by atoms with E-state index in [1.165, 1.54) is 6.42 Å². The molecule has 0 heterocycles. The second kappa shape index (κ2) is 5.04. The highest BCUT2D eigenvalue weighted by Gasteiger charge is 2.47. The Morgan fingerprint density at radius 3 is 2.68 bits per heavy atom. The van der Waals surface area contributed by atoms with Crippen molar-refractivity contribution in [2.75, 3.05) is 19.0 Å². The average Bonchev–Trinajstić information content (AvgIpc) is 2.59. The maximum Gasteiger partial charge on any atom is 0.120 e. The first-order chi connectivity index (χ1) is 8.91. The Bertz CT molecular complexity index is 444. The van der Waals surface area contributed by atoms with E-state index in [9.17, 15) is 0 Å². The summed E-state index contributed by atoms with van der Waals surface area (Å²) >= 11 is 0. The molecule has 1 aliphatic carbocycles. The first-order valence-electron chi connectivity index (χ1n) is 7.03. The van der Waals surface area contributed by atoms with Gasteiger partial charge in [0.25, 0.3) is 0 Å². The normalized spacial score (nSPS) is 29.2. The Morgan fingerprint density at radius 2 is 2.16 bits per heavy atom. The summed E-state index contributed by atoms with van der Waals surface area (Å²) in [5.74, 6) is 1.45. The number of anilines is 1. The van der Waals surface area contributed by atoms with E-state index in [0.717, 1.165) is 17.9 Å². The van der Waals surface area contributed by atoms with Crippen LogP contribution < -0.4 is 15.8 Å². The minimum atomic E-state index is -0.00410. The van der Waals surface area contributed by atoms with Crippen molar-refractivity contribution < 1.29 is 4.74 Å². The molecule has 0 aromatic heterocycles. The van der Waals surface area contributed by atoms with Gasteiger partial charge in [-0.3, -0.25) is 0 Å². The Kier molecular flexibility index (Phi) is 3.77. The third-order valence-corrected chi connectivity index (χ3v) is 4.42. The lowest BCUT2D eigenvalue weighted by molar-refractivity contribution is 0.350. The van der Waals surface area contributed by atoms with Crippen LogP contribution in [0.5, 0.6) is 5.75 Å². The molecule has 0 aliphatic heterocycles. The molecule has 19 heavy (non-hydrogen) atoms. The molecule has 0 radical (unpaired) electrons. The number of nitrogens with two attached hydrogens (primary N) is 1. The smallest absolute Gasteiger partial charge is 0.120 e. The third kappa shape index (κ3) is 2.86. The molecule has 1 fully saturated rings. The van der Waals surface area contributed by atoms with Crippen LogP contribution >= 0.6 is 0 Å². The van der Waals surface area contributed by atoms with Gasteiger partial charge in [-0.2, -0.15) is 0 Å². The fourth-order valence-electron chi connectivity index (χ4n) is 3.60. The zero-order valence-corrected chi connectivity index (χ0v) is 12.5. The van der Waals surface area contributed by atoms with E-state index >= 15 is 0 Å². The van der Waals surface area contributed by atoms with Gasteiger partial charge in [0.15, 0.2) is 0 Å². The summed E-state index contributed by atoms with van der Waals surface area (Å²) in [6.45, 7) is 7.62. The largest absolute Gasteiger partial charge is 0.497 e. The van der Waals surface area contributed by atoms with E-state index in [2.05, 4.69) is 32.2 Å². The molecule has 1 saturated carbocycles. The van der Waals surface area contributed by atoms with Gasteiger partial charge in [0, 0.05) is 18.3 Å². The van der Waals surface area contributed by atoms with E-state index in [1.54, 1.807) is 7.11 Å². The van der Waals surface area contributed by atoms with Gasteiger partial charge in [-0.1, -0.05) is 26.8 Å². The highest BCUT2D eigenvalue weighted by molar-refractivity contribution is 5.50. The molecule has 1 aliphatic rings. The SMILES string of the molecule is COc1cccc(NC2(CN)CC(C)(C)CC2C)c1. The van der Waals surface area contributed by atoms with Gasteiger partial charge in [-0.15, -0.1) is 0 Å². The van der Waals surface area contributed by atoms with Crippen molar-refractivity contribution in [1.82, 2.24) is 0 Å². The maximum absolute atomic E-state index is 6.10. The van der Waals surface area contributed by atoms with Crippen LogP contribution in [-0.2, 0) is 0 Å². The molecule has 2 rings (SSSR count). The molecule has 0 amide bonds. The Morgan fingerprint density at radius 1 is 1.42 bits per heavy atom. The van der Waals surface area contributed by atoms with Gasteiger partial charge in [-0.05, 0) is 36.3 Å². The Balaban J connectivity index is 2.23. The molecule has 3 nitrogen and oxygen atoms in total. The van der Waals surface area contributed by atoms with E-state index in [4.69, 9.17) is 10.5 Å². The first kappa shape index (κ1) is 14.2. The van der Waals surface area contributed by atoms with Crippen LogP contribution in [0.2, 0.25) is 0 Å². The maximum atomic E-state index is 6.10. The Labute approximate surface area is 116 Å². The molecule has 3 N–H and O–H groups in total. The average molecular weight is 262 g/mol. The van der Waals surface area contributed by atoms with Crippen molar-refractivity contribution in [1.29, 1.82) is 0 Å². The highest BCUT2D eigenvalue weighted by Crippen LogP contribution is 2.48. The van der Waals surface area contributed by atoms with Gasteiger partial charge in [0.2, 0.25) is 0 Å². The number of methoxy groups -OCH3 is 1. The topological polar surface area (TPSA) is 47.3 Å². The van der Waals surface area contributed by atoms with Crippen LogP contribution in [0.15, 0.2) is 24.3 Å². The van der Waals surface area contributed by atoms with Gasteiger partial charge < -0.3 is 15.8 Å². The number of rotatable bonds is 4. The van der Waals surface area contributed by atoms with Gasteiger partial charge in [-0.25, -0.2) is 0 Å². The van der Waals surface area contributed by atoms with Crippen LogP contribution in [0.4, 0.5) is 5.69 Å². The highest BCUT2D eigenvalue weighted by atomic mass is 16.5. The molecule has 0 saturated heterocycles. The van der Waals surface area contributed by atoms with Crippen LogP contribution in [0.1, 0.15) is 33.6 Å². The lowest BCUT2D eigenvalue weighted by Gasteiger charge is -2.35. The van der Waals surface area contributed by atoms with Crippen molar-refractivity contribution in [3.8, 4) is 5.75 Å². The summed E-state index contributed by atoms with van der Waals surface area (Å²) in [6, 6.07) is 8.09. The van der Waals surface area contributed by atoms with Gasteiger partial charge >= 0.3 is 0 Å². The first-order valence-corrected chi connectivity index (χ1v) is 7.03. The number of hydrogen-bond donors (Lipinski definition) is 2. The monoisotopic (exact) mass is 262 g/mol. The van der Waals surface area contributed by atoms with Crippen LogP contribution in [0.3, 0.4) is 0 Å². The van der Waals surface area contributed by atoms with Crippen molar-refractivity contribution in [3.05, 3.63) is 24.3 Å². The zero-order chi connectivity index (χ0) is 14.1. The lowest BCUT2D eigenvalue weighted by Crippen LogP contribution is -2.48. The lowest BCUT2D eigenvalue weighted by atomic mass is 9.86. The molecular weight excluding hydrogens is 236 g/mol. The van der Waals surface area contributed by atoms with E-state index < -0.39 is 0 Å². The molecule has 1 aromatic carbocycles. The molecule has 0 bridgehead atoms. The molecule has 2 unspecified atom stereocenters. The van der Waals surface area contributed by atoms with Crippen molar-refractivity contribution >= 4 is 5.69 Å². The fourth-order valence-corrected chi connectivity index (χ4v) is 3.60. The number of benzene rings is 1. The standard InChI is InChI=1S/C16H26N2O/c1-12-9-15(2,3)10-16(12,11-17)18-13-6-5-7-14(8-13)19-4/h5-8,12,18H,9-11,17H2,1-4H3. The quantitative estimate of drug-likeness (QED) is 0.875. The van der Waals surface area contributed by atoms with Crippen molar-refractivity contribution in [2.45, 2.75) is 39.2 Å². The van der Waals surface area contributed by atoms with E-state index in [0.29, 0.717) is 17.9 Å². The predicted molar refractivity (Wildman–Crippen MR) is 80.6 cm³/mol. The second-order valence-corrected chi connectivity index (χ2v) is 6.66. The number of nitrogens with one attached hydrogen (secondary N) is 1. The van der Waals surface area contributed by atoms with Crippen LogP contribution in [-0.4, -0.2) is 19.2 Å². The summed E-state index contributed by atoms with van der Waals surface area (Å²) in [7, 11) is 1.69. The molecule has 3 heteroatoms. The fraction of sp³-hybridized carbons (Fsp3) is 0.625. The minimum Gasteiger partial charge on any atom is -0.497 e. The second-order valence-electron chi connectivity index (χ2n) is 6.66. The summed E-state index contributed by atoms with van der Waals surface area (Å²) < 4.78 is 5.28. The molecule has 106 valence electrons. The van der Waals surface area contributed by atoms with Crippen molar-refractivity contribution in [2.24, 2.45) is 17.1 Å². The van der Waals surface area contributed by atoms with Crippen molar-refractivity contribution in [3.63, 3.8) is 0 Å². The molecule has 2 atom stereocenters. The van der Waals surface area contributed by atoms with E-state index in [1.807, 2.05) is 18.2 Å².